The van der Waals surface area contributed by atoms with E-state index in [4.69, 9.17) is 9.84 Å². The van der Waals surface area contributed by atoms with E-state index in [0.29, 0.717) is 0 Å². The Morgan fingerprint density at radius 3 is 2.27 bits per heavy atom. The Labute approximate surface area is 162 Å². The normalized spacial score (nSPS) is 16.5. The number of nitrogens with zero attached hydrogens (tertiary/aromatic N) is 2. The third kappa shape index (κ3) is 3.37. The zero-order valence-electron chi connectivity index (χ0n) is 14.5. The lowest BCUT2D eigenvalue weighted by Crippen LogP contribution is -2.18. The lowest BCUT2D eigenvalue weighted by atomic mass is 9.98. The Morgan fingerprint density at radius 1 is 0.923 bits per heavy atom. The molecule has 1 atom stereocenters. The van der Waals surface area contributed by atoms with E-state index in [2.05, 4.69) is 81.6 Å². The third-order valence-corrected chi connectivity index (χ3v) is 5.14. The summed E-state index contributed by atoms with van der Waals surface area (Å²) in [5, 5.41) is 7.08. The fourth-order valence-electron chi connectivity index (χ4n) is 3.23. The first kappa shape index (κ1) is 16.9. The number of rotatable bonds is 4. The zero-order chi connectivity index (χ0) is 17.9. The SMILES string of the molecule is COc1ccc([C@@H]2CC(c3ccccc3)=NN2c2ccc(Br)cc2)cc1. The molecule has 0 spiro atoms. The van der Waals surface area contributed by atoms with Gasteiger partial charge >= 0.3 is 0 Å². The zero-order valence-corrected chi connectivity index (χ0v) is 16.1. The van der Waals surface area contributed by atoms with E-state index in [1.807, 2.05) is 18.2 Å². The summed E-state index contributed by atoms with van der Waals surface area (Å²) < 4.78 is 6.36. The van der Waals surface area contributed by atoms with Crippen LogP contribution < -0.4 is 9.75 Å². The minimum absolute atomic E-state index is 0.164. The van der Waals surface area contributed by atoms with Crippen molar-refractivity contribution in [2.75, 3.05) is 12.1 Å². The predicted molar refractivity (Wildman–Crippen MR) is 110 cm³/mol. The van der Waals surface area contributed by atoms with E-state index in [9.17, 15) is 0 Å². The van der Waals surface area contributed by atoms with E-state index in [1.165, 1.54) is 11.1 Å². The summed E-state index contributed by atoms with van der Waals surface area (Å²) >= 11 is 3.51. The first-order chi connectivity index (χ1) is 12.7. The molecule has 3 aromatic rings. The van der Waals surface area contributed by atoms with Crippen molar-refractivity contribution in [3.63, 3.8) is 0 Å². The van der Waals surface area contributed by atoms with Crippen molar-refractivity contribution in [2.24, 2.45) is 5.10 Å². The molecule has 4 rings (SSSR count). The minimum atomic E-state index is 0.164. The Hall–Kier alpha value is -2.59. The van der Waals surface area contributed by atoms with Gasteiger partial charge in [-0.3, -0.25) is 5.01 Å². The number of anilines is 1. The molecule has 0 saturated carbocycles. The molecule has 130 valence electrons. The van der Waals surface area contributed by atoms with Crippen molar-refractivity contribution in [3.8, 4) is 5.75 Å². The highest BCUT2D eigenvalue weighted by Gasteiger charge is 2.29. The smallest absolute Gasteiger partial charge is 0.118 e. The summed E-state index contributed by atoms with van der Waals surface area (Å²) in [5.74, 6) is 0.867. The number of methoxy groups -OCH3 is 1. The van der Waals surface area contributed by atoms with Crippen molar-refractivity contribution in [1.29, 1.82) is 0 Å². The van der Waals surface area contributed by atoms with Crippen LogP contribution in [0, 0.1) is 0 Å². The number of hydrogen-bond donors (Lipinski definition) is 0. The predicted octanol–water partition coefficient (Wildman–Crippen LogP) is 5.81. The van der Waals surface area contributed by atoms with Crippen LogP contribution in [0.2, 0.25) is 0 Å². The maximum absolute atomic E-state index is 5.30. The average molecular weight is 407 g/mol. The maximum Gasteiger partial charge on any atom is 0.118 e. The molecular weight excluding hydrogens is 388 g/mol. The number of benzene rings is 3. The summed E-state index contributed by atoms with van der Waals surface area (Å²) in [5.41, 5.74) is 4.59. The fraction of sp³-hybridized carbons (Fsp3) is 0.136. The molecule has 0 saturated heterocycles. The molecule has 1 heterocycles. The van der Waals surface area contributed by atoms with Crippen molar-refractivity contribution in [2.45, 2.75) is 12.5 Å². The van der Waals surface area contributed by atoms with Crippen molar-refractivity contribution in [1.82, 2.24) is 0 Å². The van der Waals surface area contributed by atoms with E-state index in [1.54, 1.807) is 7.11 Å². The van der Waals surface area contributed by atoms with Crippen molar-refractivity contribution < 1.29 is 4.74 Å². The molecule has 1 aliphatic heterocycles. The molecule has 26 heavy (non-hydrogen) atoms. The lowest BCUT2D eigenvalue weighted by Gasteiger charge is -2.24. The first-order valence-corrected chi connectivity index (χ1v) is 9.35. The van der Waals surface area contributed by atoms with Crippen LogP contribution in [-0.2, 0) is 0 Å². The van der Waals surface area contributed by atoms with Crippen LogP contribution in [0.3, 0.4) is 0 Å². The summed E-state index contributed by atoms with van der Waals surface area (Å²) in [6, 6.07) is 27.1. The molecule has 3 aromatic carbocycles. The molecule has 0 fully saturated rings. The van der Waals surface area contributed by atoms with Gasteiger partial charge in [0.25, 0.3) is 0 Å². The molecule has 0 unspecified atom stereocenters. The Balaban J connectivity index is 1.72. The van der Waals surface area contributed by atoms with Gasteiger partial charge in [0.1, 0.15) is 5.75 Å². The van der Waals surface area contributed by atoms with E-state index in [-0.39, 0.29) is 6.04 Å². The van der Waals surface area contributed by atoms with Crippen molar-refractivity contribution >= 4 is 27.3 Å². The highest BCUT2D eigenvalue weighted by atomic mass is 79.9. The van der Waals surface area contributed by atoms with Gasteiger partial charge < -0.3 is 4.74 Å². The number of halogens is 1. The monoisotopic (exact) mass is 406 g/mol. The summed E-state index contributed by atoms with van der Waals surface area (Å²) in [4.78, 5) is 0. The molecule has 0 aromatic heterocycles. The van der Waals surface area contributed by atoms with E-state index in [0.717, 1.165) is 28.0 Å². The quantitative estimate of drug-likeness (QED) is 0.545. The molecule has 0 amide bonds. The molecular formula is C22H19BrN2O. The number of hydrogen-bond acceptors (Lipinski definition) is 3. The second-order valence-electron chi connectivity index (χ2n) is 6.23. The van der Waals surface area contributed by atoms with Crippen LogP contribution in [0.25, 0.3) is 0 Å². The van der Waals surface area contributed by atoms with Crippen LogP contribution in [0.4, 0.5) is 5.69 Å². The largest absolute Gasteiger partial charge is 0.497 e. The van der Waals surface area contributed by atoms with Gasteiger partial charge in [0.05, 0.1) is 24.6 Å². The van der Waals surface area contributed by atoms with Crippen LogP contribution in [0.15, 0.2) is 88.4 Å². The minimum Gasteiger partial charge on any atom is -0.497 e. The van der Waals surface area contributed by atoms with Gasteiger partial charge in [0, 0.05) is 10.9 Å². The Morgan fingerprint density at radius 2 is 1.62 bits per heavy atom. The molecule has 0 bridgehead atoms. The van der Waals surface area contributed by atoms with Gasteiger partial charge in [0.15, 0.2) is 0 Å². The standard InChI is InChI=1S/C22H19BrN2O/c1-26-20-13-7-17(8-14-20)22-15-21(16-5-3-2-4-6-16)24-25(22)19-11-9-18(23)10-12-19/h2-14,22H,15H2,1H3/t22-/m0/s1. The second-order valence-corrected chi connectivity index (χ2v) is 7.14. The fourth-order valence-corrected chi connectivity index (χ4v) is 3.50. The summed E-state index contributed by atoms with van der Waals surface area (Å²) in [6.45, 7) is 0. The van der Waals surface area contributed by atoms with Gasteiger partial charge in [-0.2, -0.15) is 5.10 Å². The topological polar surface area (TPSA) is 24.8 Å². The van der Waals surface area contributed by atoms with Crippen LogP contribution in [0.5, 0.6) is 5.75 Å². The molecule has 4 heteroatoms. The van der Waals surface area contributed by atoms with E-state index < -0.39 is 0 Å². The van der Waals surface area contributed by atoms with Crippen LogP contribution in [0.1, 0.15) is 23.6 Å². The highest BCUT2D eigenvalue weighted by Crippen LogP contribution is 2.37. The first-order valence-electron chi connectivity index (χ1n) is 8.56. The van der Waals surface area contributed by atoms with Crippen LogP contribution in [-0.4, -0.2) is 12.8 Å². The molecule has 0 radical (unpaired) electrons. The number of ether oxygens (including phenoxy) is 1. The maximum atomic E-state index is 5.30. The van der Waals surface area contributed by atoms with Gasteiger partial charge in [-0.1, -0.05) is 58.4 Å². The molecule has 1 aliphatic rings. The van der Waals surface area contributed by atoms with Gasteiger partial charge in [0.2, 0.25) is 0 Å². The highest BCUT2D eigenvalue weighted by molar-refractivity contribution is 9.10. The van der Waals surface area contributed by atoms with Gasteiger partial charge in [-0.25, -0.2) is 0 Å². The van der Waals surface area contributed by atoms with E-state index >= 15 is 0 Å². The molecule has 0 aliphatic carbocycles. The van der Waals surface area contributed by atoms with Gasteiger partial charge in [-0.15, -0.1) is 0 Å². The lowest BCUT2D eigenvalue weighted by molar-refractivity contribution is 0.414. The summed E-state index contributed by atoms with van der Waals surface area (Å²) in [7, 11) is 1.69. The Bertz CT molecular complexity index is 905. The second kappa shape index (κ2) is 7.34. The molecule has 0 N–H and O–H groups in total. The molecule has 3 nitrogen and oxygen atoms in total. The van der Waals surface area contributed by atoms with Crippen LogP contribution >= 0.6 is 15.9 Å². The van der Waals surface area contributed by atoms with Gasteiger partial charge in [-0.05, 0) is 47.5 Å². The third-order valence-electron chi connectivity index (χ3n) is 4.61. The van der Waals surface area contributed by atoms with Crippen molar-refractivity contribution in [3.05, 3.63) is 94.5 Å². The average Bonchev–Trinajstić information content (AvgIpc) is 3.15. The number of hydrazone groups is 1. The Kier molecular flexibility index (Phi) is 4.76. The summed E-state index contributed by atoms with van der Waals surface area (Å²) in [6.07, 6.45) is 0.867.